The van der Waals surface area contributed by atoms with Crippen molar-refractivity contribution in [3.8, 4) is 11.3 Å². The number of halogens is 2. The van der Waals surface area contributed by atoms with Crippen LogP contribution in [0.3, 0.4) is 0 Å². The van der Waals surface area contributed by atoms with E-state index >= 15 is 0 Å². The Morgan fingerprint density at radius 2 is 1.67 bits per heavy atom. The van der Waals surface area contributed by atoms with E-state index < -0.39 is 0 Å². The molecule has 0 aliphatic carbocycles. The zero-order valence-corrected chi connectivity index (χ0v) is 12.2. The van der Waals surface area contributed by atoms with Gasteiger partial charge in [0.15, 0.2) is 0 Å². The van der Waals surface area contributed by atoms with E-state index in [4.69, 9.17) is 23.2 Å². The summed E-state index contributed by atoms with van der Waals surface area (Å²) >= 11 is 11.4. The minimum atomic E-state index is 0.0621. The van der Waals surface area contributed by atoms with Crippen LogP contribution in [0.15, 0.2) is 36.5 Å². The molecule has 3 aromatic rings. The number of benzene rings is 1. The van der Waals surface area contributed by atoms with Gasteiger partial charge in [-0.2, -0.15) is 20.1 Å². The number of H-pyrrole nitrogens is 1. The Morgan fingerprint density at radius 1 is 0.952 bits per heavy atom. The average Bonchev–Trinajstić information content (AvgIpc) is 2.99. The fourth-order valence-electron chi connectivity index (χ4n) is 1.80. The summed E-state index contributed by atoms with van der Waals surface area (Å²) < 4.78 is 0. The van der Waals surface area contributed by atoms with Crippen molar-refractivity contribution in [3.05, 3.63) is 52.7 Å². The lowest BCUT2D eigenvalue weighted by atomic mass is 10.1. The molecule has 0 fully saturated rings. The SMILES string of the molecule is Clc1nc(Cl)nc(NCc2ccc(-c3ccn[nH]3)cc2)n1. The molecule has 0 atom stereocenters. The molecule has 0 aliphatic rings. The molecule has 0 amide bonds. The minimum absolute atomic E-state index is 0.0621. The molecule has 2 N–H and O–H groups in total. The van der Waals surface area contributed by atoms with Gasteiger partial charge in [0.2, 0.25) is 16.5 Å². The van der Waals surface area contributed by atoms with Gasteiger partial charge in [0.05, 0.1) is 5.69 Å². The summed E-state index contributed by atoms with van der Waals surface area (Å²) in [6, 6.07) is 9.96. The van der Waals surface area contributed by atoms with Crippen molar-refractivity contribution in [1.29, 1.82) is 0 Å². The van der Waals surface area contributed by atoms with Crippen LogP contribution in [0, 0.1) is 0 Å². The maximum Gasteiger partial charge on any atom is 0.228 e. The fraction of sp³-hybridized carbons (Fsp3) is 0.0769. The third-order valence-corrected chi connectivity index (χ3v) is 3.14. The van der Waals surface area contributed by atoms with Gasteiger partial charge in [-0.15, -0.1) is 0 Å². The van der Waals surface area contributed by atoms with Gasteiger partial charge in [0.25, 0.3) is 0 Å². The summed E-state index contributed by atoms with van der Waals surface area (Å²) in [6.45, 7) is 0.555. The second-order valence-corrected chi connectivity index (χ2v) is 4.89. The van der Waals surface area contributed by atoms with Gasteiger partial charge < -0.3 is 5.32 Å². The molecular formula is C13H10Cl2N6. The lowest BCUT2D eigenvalue weighted by Gasteiger charge is -2.06. The molecule has 1 aromatic carbocycles. The second-order valence-electron chi connectivity index (χ2n) is 4.22. The molecule has 2 heterocycles. The van der Waals surface area contributed by atoms with Crippen LogP contribution in [0.2, 0.25) is 10.6 Å². The molecule has 6 nitrogen and oxygen atoms in total. The van der Waals surface area contributed by atoms with Crippen molar-refractivity contribution < 1.29 is 0 Å². The summed E-state index contributed by atoms with van der Waals surface area (Å²) in [5.74, 6) is 0.345. The van der Waals surface area contributed by atoms with E-state index in [9.17, 15) is 0 Å². The number of hydrogen-bond donors (Lipinski definition) is 2. The number of rotatable bonds is 4. The Labute approximate surface area is 130 Å². The quantitative estimate of drug-likeness (QED) is 0.771. The summed E-state index contributed by atoms with van der Waals surface area (Å²) in [7, 11) is 0. The van der Waals surface area contributed by atoms with Crippen LogP contribution in [-0.2, 0) is 6.54 Å². The maximum absolute atomic E-state index is 5.71. The molecule has 0 radical (unpaired) electrons. The first kappa shape index (κ1) is 13.8. The molecule has 106 valence electrons. The number of aromatic amines is 1. The zero-order chi connectivity index (χ0) is 14.7. The highest BCUT2D eigenvalue weighted by atomic mass is 35.5. The third-order valence-electron chi connectivity index (χ3n) is 2.80. The average molecular weight is 321 g/mol. The van der Waals surface area contributed by atoms with Crippen LogP contribution < -0.4 is 5.32 Å². The fourth-order valence-corrected chi connectivity index (χ4v) is 2.17. The van der Waals surface area contributed by atoms with Crippen molar-refractivity contribution in [2.75, 3.05) is 5.32 Å². The number of anilines is 1. The van der Waals surface area contributed by atoms with Crippen LogP contribution in [0.25, 0.3) is 11.3 Å². The second kappa shape index (κ2) is 6.07. The van der Waals surface area contributed by atoms with Gasteiger partial charge in [-0.1, -0.05) is 24.3 Å². The highest BCUT2D eigenvalue weighted by Crippen LogP contribution is 2.17. The first-order valence-electron chi connectivity index (χ1n) is 6.10. The molecule has 0 saturated carbocycles. The van der Waals surface area contributed by atoms with Crippen LogP contribution in [0.4, 0.5) is 5.95 Å². The molecule has 21 heavy (non-hydrogen) atoms. The first-order valence-corrected chi connectivity index (χ1v) is 6.86. The van der Waals surface area contributed by atoms with Crippen LogP contribution in [0.1, 0.15) is 5.56 Å². The van der Waals surface area contributed by atoms with E-state index in [2.05, 4.69) is 30.5 Å². The molecule has 0 bridgehead atoms. The molecule has 0 unspecified atom stereocenters. The Bertz CT molecular complexity index is 707. The summed E-state index contributed by atoms with van der Waals surface area (Å²) in [5.41, 5.74) is 3.12. The standard InChI is InChI=1S/C13H10Cl2N6/c14-11-18-12(15)20-13(19-11)16-7-8-1-3-9(4-2-8)10-5-6-17-21-10/h1-6H,7H2,(H,17,21)(H,16,18,19,20). The van der Waals surface area contributed by atoms with Crippen LogP contribution in [0.5, 0.6) is 0 Å². The Morgan fingerprint density at radius 3 is 2.29 bits per heavy atom. The largest absolute Gasteiger partial charge is 0.350 e. The Hall–Kier alpha value is -2.18. The summed E-state index contributed by atoms with van der Waals surface area (Å²) in [6.07, 6.45) is 1.72. The van der Waals surface area contributed by atoms with Gasteiger partial charge in [-0.25, -0.2) is 0 Å². The third kappa shape index (κ3) is 3.48. The predicted molar refractivity (Wildman–Crippen MR) is 81.2 cm³/mol. The predicted octanol–water partition coefficient (Wildman–Crippen LogP) is 3.18. The van der Waals surface area contributed by atoms with Gasteiger partial charge in [0, 0.05) is 12.7 Å². The van der Waals surface area contributed by atoms with Gasteiger partial charge in [-0.3, -0.25) is 5.10 Å². The molecule has 0 aliphatic heterocycles. The number of nitrogens with zero attached hydrogens (tertiary/aromatic N) is 4. The monoisotopic (exact) mass is 320 g/mol. The summed E-state index contributed by atoms with van der Waals surface area (Å²) in [4.78, 5) is 11.6. The summed E-state index contributed by atoms with van der Waals surface area (Å²) in [5, 5.41) is 10.0. The van der Waals surface area contributed by atoms with E-state index in [-0.39, 0.29) is 10.6 Å². The highest BCUT2D eigenvalue weighted by Gasteiger charge is 2.03. The van der Waals surface area contributed by atoms with Gasteiger partial charge in [0.1, 0.15) is 0 Å². The number of hydrogen-bond acceptors (Lipinski definition) is 5. The van der Waals surface area contributed by atoms with Crippen LogP contribution in [-0.4, -0.2) is 25.1 Å². The van der Waals surface area contributed by atoms with E-state index in [0.717, 1.165) is 16.8 Å². The molecule has 0 saturated heterocycles. The van der Waals surface area contributed by atoms with E-state index in [0.29, 0.717) is 12.5 Å². The van der Waals surface area contributed by atoms with Crippen molar-refractivity contribution in [2.24, 2.45) is 0 Å². The molecule has 2 aromatic heterocycles. The van der Waals surface area contributed by atoms with Crippen molar-refractivity contribution in [3.63, 3.8) is 0 Å². The number of aromatic nitrogens is 5. The van der Waals surface area contributed by atoms with Crippen molar-refractivity contribution >= 4 is 29.2 Å². The minimum Gasteiger partial charge on any atom is -0.350 e. The molecule has 8 heteroatoms. The normalized spacial score (nSPS) is 10.6. The Kier molecular flexibility index (Phi) is 3.98. The number of nitrogens with one attached hydrogen (secondary N) is 2. The van der Waals surface area contributed by atoms with Gasteiger partial charge in [-0.05, 0) is 40.4 Å². The van der Waals surface area contributed by atoms with Gasteiger partial charge >= 0.3 is 0 Å². The highest BCUT2D eigenvalue weighted by molar-refractivity contribution is 6.31. The van der Waals surface area contributed by atoms with Crippen molar-refractivity contribution in [2.45, 2.75) is 6.54 Å². The topological polar surface area (TPSA) is 79.4 Å². The van der Waals surface area contributed by atoms with Crippen LogP contribution >= 0.6 is 23.2 Å². The molecule has 3 rings (SSSR count). The smallest absolute Gasteiger partial charge is 0.228 e. The molecular weight excluding hydrogens is 311 g/mol. The lowest BCUT2D eigenvalue weighted by molar-refractivity contribution is 1.00. The van der Waals surface area contributed by atoms with E-state index in [1.807, 2.05) is 30.3 Å². The zero-order valence-electron chi connectivity index (χ0n) is 10.7. The lowest BCUT2D eigenvalue weighted by Crippen LogP contribution is -2.04. The van der Waals surface area contributed by atoms with Crippen molar-refractivity contribution in [1.82, 2.24) is 25.1 Å². The van der Waals surface area contributed by atoms with E-state index in [1.165, 1.54) is 0 Å². The van der Waals surface area contributed by atoms with E-state index in [1.54, 1.807) is 6.20 Å². The molecule has 0 spiro atoms. The Balaban J connectivity index is 1.68. The maximum atomic E-state index is 5.71. The first-order chi connectivity index (χ1) is 10.2.